The number of nitrogens with two attached hydrogens (primary N) is 1. The molecule has 0 saturated heterocycles. The average molecular weight is 279 g/mol. The number of nitrogen functional groups attached to an aromatic ring is 1. The predicted molar refractivity (Wildman–Crippen MR) is 92.0 cm³/mol. The van der Waals surface area contributed by atoms with Gasteiger partial charge in [-0.1, -0.05) is 43.4 Å². The summed E-state index contributed by atoms with van der Waals surface area (Å²) in [7, 11) is 0. The highest BCUT2D eigenvalue weighted by Gasteiger charge is 2.34. The van der Waals surface area contributed by atoms with Crippen molar-refractivity contribution in [3.63, 3.8) is 0 Å². The molecule has 1 heteroatoms. The van der Waals surface area contributed by atoms with Crippen molar-refractivity contribution in [3.8, 4) is 0 Å². The Morgan fingerprint density at radius 3 is 2.57 bits per heavy atom. The molecule has 0 spiro atoms. The maximum atomic E-state index is 5.92. The first-order valence-electron chi connectivity index (χ1n) is 7.95. The molecule has 0 unspecified atom stereocenters. The minimum atomic E-state index is 0.0957. The van der Waals surface area contributed by atoms with Crippen LogP contribution in [0.25, 0.3) is 5.57 Å². The minimum Gasteiger partial charge on any atom is -0.399 e. The fourth-order valence-electron chi connectivity index (χ4n) is 3.67. The van der Waals surface area contributed by atoms with Crippen molar-refractivity contribution in [2.45, 2.75) is 45.4 Å². The van der Waals surface area contributed by atoms with Crippen molar-refractivity contribution in [3.05, 3.63) is 59.7 Å². The van der Waals surface area contributed by atoms with Crippen molar-refractivity contribution in [1.82, 2.24) is 0 Å². The Morgan fingerprint density at radius 1 is 1.14 bits per heavy atom. The van der Waals surface area contributed by atoms with E-state index < -0.39 is 0 Å². The second-order valence-corrected chi connectivity index (χ2v) is 6.74. The van der Waals surface area contributed by atoms with E-state index in [-0.39, 0.29) is 5.41 Å². The van der Waals surface area contributed by atoms with E-state index in [0.29, 0.717) is 0 Å². The molecule has 21 heavy (non-hydrogen) atoms. The molecule has 1 aromatic carbocycles. The molecule has 1 fully saturated rings. The van der Waals surface area contributed by atoms with Gasteiger partial charge in [-0.15, -0.1) is 0 Å². The minimum absolute atomic E-state index is 0.0957. The van der Waals surface area contributed by atoms with Crippen molar-refractivity contribution < 1.29 is 0 Å². The van der Waals surface area contributed by atoms with Gasteiger partial charge in [0, 0.05) is 11.1 Å². The smallest absolute Gasteiger partial charge is 0.0317 e. The third-order valence-electron chi connectivity index (χ3n) is 5.41. The van der Waals surface area contributed by atoms with Crippen LogP contribution in [0.2, 0.25) is 0 Å². The van der Waals surface area contributed by atoms with Crippen molar-refractivity contribution in [2.24, 2.45) is 5.41 Å². The van der Waals surface area contributed by atoms with Gasteiger partial charge in [-0.2, -0.15) is 0 Å². The summed E-state index contributed by atoms with van der Waals surface area (Å²) in [6, 6.07) is 6.35. The normalized spacial score (nSPS) is 22.6. The third-order valence-corrected chi connectivity index (χ3v) is 5.41. The van der Waals surface area contributed by atoms with Gasteiger partial charge >= 0.3 is 0 Å². The first kappa shape index (κ1) is 14.2. The van der Waals surface area contributed by atoms with E-state index >= 15 is 0 Å². The molecular formula is C20H25N. The van der Waals surface area contributed by atoms with Crippen LogP contribution >= 0.6 is 0 Å². The second kappa shape index (κ2) is 5.22. The molecule has 0 heterocycles. The summed E-state index contributed by atoms with van der Waals surface area (Å²) in [5.74, 6) is 0. The molecule has 2 aliphatic rings. The molecule has 1 saturated carbocycles. The highest BCUT2D eigenvalue weighted by Crippen LogP contribution is 2.48. The maximum Gasteiger partial charge on any atom is 0.0317 e. The zero-order valence-corrected chi connectivity index (χ0v) is 13.0. The van der Waals surface area contributed by atoms with Crippen LogP contribution in [0.15, 0.2) is 48.6 Å². The molecule has 0 amide bonds. The SMILES string of the molecule is C=C1CCC(=C)C1(C)C/C=C1\CCCc2cc(N)ccc21. The lowest BCUT2D eigenvalue weighted by Crippen LogP contribution is -2.14. The lowest BCUT2D eigenvalue weighted by atomic mass is 9.77. The summed E-state index contributed by atoms with van der Waals surface area (Å²) in [4.78, 5) is 0. The van der Waals surface area contributed by atoms with Crippen LogP contribution in [0.5, 0.6) is 0 Å². The van der Waals surface area contributed by atoms with Crippen molar-refractivity contribution in [1.29, 1.82) is 0 Å². The number of aryl methyl sites for hydroxylation is 1. The van der Waals surface area contributed by atoms with E-state index in [2.05, 4.69) is 38.3 Å². The van der Waals surface area contributed by atoms with Crippen molar-refractivity contribution >= 4 is 11.3 Å². The lowest BCUT2D eigenvalue weighted by Gasteiger charge is -2.27. The van der Waals surface area contributed by atoms with E-state index in [1.165, 1.54) is 40.7 Å². The largest absolute Gasteiger partial charge is 0.399 e. The van der Waals surface area contributed by atoms with E-state index in [9.17, 15) is 0 Å². The number of hydrogen-bond donors (Lipinski definition) is 1. The van der Waals surface area contributed by atoms with Gasteiger partial charge in [0.15, 0.2) is 0 Å². The van der Waals surface area contributed by atoms with Gasteiger partial charge in [0.2, 0.25) is 0 Å². The predicted octanol–water partition coefficient (Wildman–Crippen LogP) is 5.29. The number of hydrogen-bond acceptors (Lipinski definition) is 1. The quantitative estimate of drug-likeness (QED) is 0.577. The molecule has 0 radical (unpaired) electrons. The van der Waals surface area contributed by atoms with Crippen LogP contribution in [0.1, 0.15) is 50.2 Å². The Labute approximate surface area is 128 Å². The van der Waals surface area contributed by atoms with E-state index in [4.69, 9.17) is 5.73 Å². The van der Waals surface area contributed by atoms with Gasteiger partial charge in [-0.3, -0.25) is 0 Å². The number of benzene rings is 1. The Hall–Kier alpha value is -1.76. The Kier molecular flexibility index (Phi) is 3.52. The van der Waals surface area contributed by atoms with Crippen LogP contribution in [-0.4, -0.2) is 0 Å². The standard InChI is InChI=1S/C20H25N/c1-14-7-8-15(2)20(14,3)12-11-16-5-4-6-17-13-18(21)9-10-19(16)17/h9-11,13H,1-2,4-8,12,21H2,3H3/b16-11+. The summed E-state index contributed by atoms with van der Waals surface area (Å²) in [6.45, 7) is 10.8. The number of allylic oxidation sites excluding steroid dienone is 4. The first-order chi connectivity index (χ1) is 10.0. The van der Waals surface area contributed by atoms with E-state index in [1.807, 2.05) is 6.07 Å². The molecular weight excluding hydrogens is 254 g/mol. The van der Waals surface area contributed by atoms with Crippen molar-refractivity contribution in [2.75, 3.05) is 5.73 Å². The van der Waals surface area contributed by atoms with Crippen LogP contribution in [0.4, 0.5) is 5.69 Å². The van der Waals surface area contributed by atoms with Gasteiger partial charge in [0.25, 0.3) is 0 Å². The molecule has 0 aromatic heterocycles. The second-order valence-electron chi connectivity index (χ2n) is 6.74. The monoisotopic (exact) mass is 279 g/mol. The maximum absolute atomic E-state index is 5.92. The lowest BCUT2D eigenvalue weighted by molar-refractivity contribution is 0.516. The van der Waals surface area contributed by atoms with Crippen LogP contribution < -0.4 is 5.73 Å². The molecule has 2 N–H and O–H groups in total. The zero-order valence-electron chi connectivity index (χ0n) is 13.0. The molecule has 2 aliphatic carbocycles. The molecule has 0 aliphatic heterocycles. The zero-order chi connectivity index (χ0) is 15.0. The fourth-order valence-corrected chi connectivity index (χ4v) is 3.67. The van der Waals surface area contributed by atoms with Crippen LogP contribution in [0.3, 0.4) is 0 Å². The molecule has 0 bridgehead atoms. The third kappa shape index (κ3) is 2.46. The molecule has 1 nitrogen and oxygen atoms in total. The fraction of sp³-hybridized carbons (Fsp3) is 0.400. The Bertz CT molecular complexity index is 617. The van der Waals surface area contributed by atoms with Gasteiger partial charge in [-0.05, 0) is 67.4 Å². The first-order valence-corrected chi connectivity index (χ1v) is 7.95. The van der Waals surface area contributed by atoms with Gasteiger partial charge in [0.1, 0.15) is 0 Å². The average Bonchev–Trinajstić information content (AvgIpc) is 2.72. The molecule has 1 aromatic rings. The highest BCUT2D eigenvalue weighted by atomic mass is 14.5. The highest BCUT2D eigenvalue weighted by molar-refractivity contribution is 5.71. The summed E-state index contributed by atoms with van der Waals surface area (Å²) in [5.41, 5.74) is 13.9. The number of rotatable bonds is 2. The number of fused-ring (bicyclic) bond motifs is 1. The van der Waals surface area contributed by atoms with Crippen LogP contribution in [-0.2, 0) is 6.42 Å². The molecule has 110 valence electrons. The topological polar surface area (TPSA) is 26.0 Å². The summed E-state index contributed by atoms with van der Waals surface area (Å²) in [5, 5.41) is 0. The van der Waals surface area contributed by atoms with E-state index in [1.54, 1.807) is 0 Å². The van der Waals surface area contributed by atoms with Gasteiger partial charge in [-0.25, -0.2) is 0 Å². The summed E-state index contributed by atoms with van der Waals surface area (Å²) >= 11 is 0. The van der Waals surface area contributed by atoms with Crippen LogP contribution in [0, 0.1) is 5.41 Å². The van der Waals surface area contributed by atoms with Gasteiger partial charge in [0.05, 0.1) is 0 Å². The molecule has 0 atom stereocenters. The molecule has 3 rings (SSSR count). The summed E-state index contributed by atoms with van der Waals surface area (Å²) < 4.78 is 0. The number of anilines is 1. The van der Waals surface area contributed by atoms with E-state index in [0.717, 1.165) is 31.4 Å². The Balaban J connectivity index is 1.89. The Morgan fingerprint density at radius 2 is 1.86 bits per heavy atom. The van der Waals surface area contributed by atoms with Gasteiger partial charge < -0.3 is 5.73 Å². The summed E-state index contributed by atoms with van der Waals surface area (Å²) in [6.07, 6.45) is 9.21.